The molecule has 1 aliphatic heterocycles. The second-order valence-corrected chi connectivity index (χ2v) is 11.4. The minimum Gasteiger partial charge on any atom is -0.487 e. The minimum absolute atomic E-state index is 0.0195. The van der Waals surface area contributed by atoms with E-state index in [4.69, 9.17) is 4.74 Å². The number of aliphatic hydroxyl groups is 1. The molecule has 1 amide bonds. The van der Waals surface area contributed by atoms with Crippen molar-refractivity contribution in [2.75, 3.05) is 26.7 Å². The van der Waals surface area contributed by atoms with Gasteiger partial charge in [-0.3, -0.25) is 4.79 Å². The molecule has 8 nitrogen and oxygen atoms in total. The SMILES string of the molecule is C[C@@H]1CN([C@H](C)CO)S(=O)(=O)c2ccc(-c3cccc(C#N)c3)cc2O[C@@H]1CN(C)C(=O)C1CC1. The predicted molar refractivity (Wildman–Crippen MR) is 131 cm³/mol. The summed E-state index contributed by atoms with van der Waals surface area (Å²) in [6.07, 6.45) is 1.35. The lowest BCUT2D eigenvalue weighted by Gasteiger charge is -2.37. The van der Waals surface area contributed by atoms with E-state index < -0.39 is 22.2 Å². The molecule has 0 bridgehead atoms. The number of aliphatic hydroxyl groups excluding tert-OH is 1. The topological polar surface area (TPSA) is 111 Å². The van der Waals surface area contributed by atoms with Crippen LogP contribution in [0.25, 0.3) is 11.1 Å². The molecule has 2 aromatic carbocycles. The fourth-order valence-electron chi connectivity index (χ4n) is 4.39. The number of hydrogen-bond donors (Lipinski definition) is 1. The molecular formula is C26H31N3O5S. The molecule has 2 aromatic rings. The number of carbonyl (C=O) groups excluding carboxylic acids is 1. The molecule has 0 saturated heterocycles. The zero-order valence-corrected chi connectivity index (χ0v) is 21.0. The molecule has 1 fully saturated rings. The van der Waals surface area contributed by atoms with Crippen LogP contribution in [0, 0.1) is 23.2 Å². The van der Waals surface area contributed by atoms with Gasteiger partial charge in [0.2, 0.25) is 15.9 Å². The summed E-state index contributed by atoms with van der Waals surface area (Å²) in [5.74, 6) is 0.107. The molecule has 1 N–H and O–H groups in total. The Morgan fingerprint density at radius 2 is 1.97 bits per heavy atom. The number of carbonyl (C=O) groups is 1. The highest BCUT2D eigenvalue weighted by Crippen LogP contribution is 2.37. The molecule has 4 rings (SSSR count). The number of benzene rings is 2. The molecule has 3 atom stereocenters. The number of fused-ring (bicyclic) bond motifs is 1. The van der Waals surface area contributed by atoms with Crippen molar-refractivity contribution in [1.82, 2.24) is 9.21 Å². The van der Waals surface area contributed by atoms with E-state index in [0.29, 0.717) is 17.7 Å². The summed E-state index contributed by atoms with van der Waals surface area (Å²) in [5.41, 5.74) is 1.98. The standard InChI is InChI=1S/C26H31N3O5S/c1-17-14-29(18(2)16-30)35(32,33)25-10-9-22(21-6-4-5-19(11-21)13-27)12-23(25)34-24(17)15-28(3)26(31)20-7-8-20/h4-6,9-12,17-18,20,24,30H,7-8,14-16H2,1-3H3/t17-,18-,24-/m1/s1. The van der Waals surface area contributed by atoms with Crippen LogP contribution >= 0.6 is 0 Å². The van der Waals surface area contributed by atoms with Gasteiger partial charge in [-0.2, -0.15) is 9.57 Å². The number of ether oxygens (including phenoxy) is 1. The first kappa shape index (κ1) is 25.2. The molecule has 35 heavy (non-hydrogen) atoms. The maximum atomic E-state index is 13.6. The van der Waals surface area contributed by atoms with Crippen molar-refractivity contribution in [1.29, 1.82) is 5.26 Å². The Balaban J connectivity index is 1.78. The molecule has 1 saturated carbocycles. The number of likely N-dealkylation sites (N-methyl/N-ethyl adjacent to an activating group) is 1. The highest BCUT2D eigenvalue weighted by atomic mass is 32.2. The van der Waals surface area contributed by atoms with E-state index in [1.807, 2.05) is 13.0 Å². The van der Waals surface area contributed by atoms with E-state index in [1.54, 1.807) is 49.2 Å². The number of nitriles is 1. The van der Waals surface area contributed by atoms with Crippen molar-refractivity contribution < 1.29 is 23.1 Å². The molecule has 0 unspecified atom stereocenters. The average molecular weight is 498 g/mol. The first-order valence-corrected chi connectivity index (χ1v) is 13.3. The fourth-order valence-corrected chi connectivity index (χ4v) is 6.22. The van der Waals surface area contributed by atoms with Gasteiger partial charge in [-0.25, -0.2) is 8.42 Å². The second kappa shape index (κ2) is 9.97. The van der Waals surface area contributed by atoms with Crippen molar-refractivity contribution in [3.05, 3.63) is 48.0 Å². The monoisotopic (exact) mass is 497 g/mol. The third-order valence-electron chi connectivity index (χ3n) is 6.75. The Hall–Kier alpha value is -2.93. The van der Waals surface area contributed by atoms with Gasteiger partial charge in [-0.15, -0.1) is 0 Å². The van der Waals surface area contributed by atoms with Gasteiger partial charge in [-0.1, -0.05) is 25.1 Å². The highest BCUT2D eigenvalue weighted by molar-refractivity contribution is 7.89. The van der Waals surface area contributed by atoms with Crippen LogP contribution in [-0.2, 0) is 14.8 Å². The van der Waals surface area contributed by atoms with Crippen LogP contribution in [0.1, 0.15) is 32.3 Å². The maximum absolute atomic E-state index is 13.6. The molecule has 2 aliphatic rings. The van der Waals surface area contributed by atoms with Gasteiger partial charge in [0.05, 0.1) is 24.8 Å². The molecule has 1 aliphatic carbocycles. The summed E-state index contributed by atoms with van der Waals surface area (Å²) >= 11 is 0. The fraction of sp³-hybridized carbons (Fsp3) is 0.462. The first-order chi connectivity index (χ1) is 16.6. The van der Waals surface area contributed by atoms with Crippen molar-refractivity contribution in [2.24, 2.45) is 11.8 Å². The number of hydrogen-bond acceptors (Lipinski definition) is 6. The zero-order chi connectivity index (χ0) is 25.3. The summed E-state index contributed by atoms with van der Waals surface area (Å²) in [6, 6.07) is 13.5. The summed E-state index contributed by atoms with van der Waals surface area (Å²) in [6.45, 7) is 3.74. The summed E-state index contributed by atoms with van der Waals surface area (Å²) in [4.78, 5) is 14.3. The lowest BCUT2D eigenvalue weighted by molar-refractivity contribution is -0.132. The Morgan fingerprint density at radius 3 is 2.63 bits per heavy atom. The van der Waals surface area contributed by atoms with Gasteiger partial charge >= 0.3 is 0 Å². The van der Waals surface area contributed by atoms with Gasteiger partial charge in [0.15, 0.2) is 0 Å². The normalized spacial score (nSPS) is 22.6. The van der Waals surface area contributed by atoms with Crippen LogP contribution < -0.4 is 4.74 Å². The van der Waals surface area contributed by atoms with Crippen LogP contribution in [-0.4, -0.2) is 67.5 Å². The van der Waals surface area contributed by atoms with E-state index >= 15 is 0 Å². The van der Waals surface area contributed by atoms with Gasteiger partial charge in [-0.05, 0) is 55.2 Å². The van der Waals surface area contributed by atoms with Crippen molar-refractivity contribution in [3.8, 4) is 22.9 Å². The first-order valence-electron chi connectivity index (χ1n) is 11.8. The number of amides is 1. The molecular weight excluding hydrogens is 466 g/mol. The smallest absolute Gasteiger partial charge is 0.247 e. The lowest BCUT2D eigenvalue weighted by atomic mass is 10.0. The van der Waals surface area contributed by atoms with E-state index in [2.05, 4.69) is 6.07 Å². The number of nitrogens with zero attached hydrogens (tertiary/aromatic N) is 3. The van der Waals surface area contributed by atoms with Gasteiger partial charge in [0.1, 0.15) is 16.7 Å². The van der Waals surface area contributed by atoms with Crippen LogP contribution in [0.4, 0.5) is 0 Å². The number of rotatable bonds is 6. The van der Waals surface area contributed by atoms with Crippen LogP contribution in [0.2, 0.25) is 0 Å². The van der Waals surface area contributed by atoms with Crippen LogP contribution in [0.5, 0.6) is 5.75 Å². The molecule has 0 radical (unpaired) electrons. The summed E-state index contributed by atoms with van der Waals surface area (Å²) in [5, 5.41) is 19.1. The van der Waals surface area contributed by atoms with Crippen molar-refractivity contribution in [2.45, 2.75) is 43.7 Å². The zero-order valence-electron chi connectivity index (χ0n) is 20.2. The molecule has 0 aromatic heterocycles. The van der Waals surface area contributed by atoms with E-state index in [-0.39, 0.29) is 41.5 Å². The molecule has 9 heteroatoms. The average Bonchev–Trinajstić information content (AvgIpc) is 3.70. The lowest BCUT2D eigenvalue weighted by Crippen LogP contribution is -2.50. The Labute approximate surface area is 206 Å². The van der Waals surface area contributed by atoms with Crippen LogP contribution in [0.3, 0.4) is 0 Å². The maximum Gasteiger partial charge on any atom is 0.247 e. The molecule has 1 heterocycles. The van der Waals surface area contributed by atoms with Crippen molar-refractivity contribution >= 4 is 15.9 Å². The van der Waals surface area contributed by atoms with E-state index in [9.17, 15) is 23.6 Å². The van der Waals surface area contributed by atoms with E-state index in [0.717, 1.165) is 18.4 Å². The van der Waals surface area contributed by atoms with Gasteiger partial charge in [0.25, 0.3) is 0 Å². The Kier molecular flexibility index (Phi) is 7.17. The summed E-state index contributed by atoms with van der Waals surface area (Å²) < 4.78 is 34.9. The molecule has 186 valence electrons. The summed E-state index contributed by atoms with van der Waals surface area (Å²) in [7, 11) is -2.20. The third kappa shape index (κ3) is 5.20. The highest BCUT2D eigenvalue weighted by Gasteiger charge is 2.39. The van der Waals surface area contributed by atoms with Crippen molar-refractivity contribution in [3.63, 3.8) is 0 Å². The third-order valence-corrected chi connectivity index (χ3v) is 8.77. The minimum atomic E-state index is -3.95. The quantitative estimate of drug-likeness (QED) is 0.657. The largest absolute Gasteiger partial charge is 0.487 e. The van der Waals surface area contributed by atoms with Gasteiger partial charge < -0.3 is 14.7 Å². The Bertz CT molecular complexity index is 1250. The van der Waals surface area contributed by atoms with Crippen LogP contribution in [0.15, 0.2) is 47.4 Å². The Morgan fingerprint density at radius 1 is 1.26 bits per heavy atom. The predicted octanol–water partition coefficient (Wildman–Crippen LogP) is 2.86. The van der Waals surface area contributed by atoms with Gasteiger partial charge in [0, 0.05) is 31.5 Å². The van der Waals surface area contributed by atoms with E-state index in [1.165, 1.54) is 10.4 Å². The molecule has 0 spiro atoms. The number of sulfonamides is 1. The second-order valence-electron chi connectivity index (χ2n) is 9.59.